The molecule has 184 valence electrons. The summed E-state index contributed by atoms with van der Waals surface area (Å²) in [7, 11) is 1.87. The number of ether oxygens (including phenoxy) is 1. The number of hydrogen-bond acceptors (Lipinski definition) is 4. The normalized spacial score (nSPS) is 32.5. The van der Waals surface area contributed by atoms with Gasteiger partial charge in [0.25, 0.3) is 0 Å². The fourth-order valence-electron chi connectivity index (χ4n) is 7.49. The summed E-state index contributed by atoms with van der Waals surface area (Å²) in [6, 6.07) is 11.5. The molecule has 1 amide bonds. The number of likely N-dealkylation sites (tertiary alicyclic amines) is 1. The number of amides is 1. The minimum Gasteiger partial charge on any atom is -0.487 e. The van der Waals surface area contributed by atoms with Gasteiger partial charge in [-0.1, -0.05) is 47.5 Å². The van der Waals surface area contributed by atoms with Crippen molar-refractivity contribution in [3.05, 3.63) is 75.8 Å². The molecule has 2 aliphatic carbocycles. The Bertz CT molecular complexity index is 1220. The van der Waals surface area contributed by atoms with Gasteiger partial charge in [0.15, 0.2) is 0 Å². The number of nitrogens with zero attached hydrogens (tertiary/aromatic N) is 2. The zero-order valence-corrected chi connectivity index (χ0v) is 21.4. The summed E-state index contributed by atoms with van der Waals surface area (Å²) in [5, 5.41) is 13.4. The van der Waals surface area contributed by atoms with Crippen molar-refractivity contribution in [1.29, 1.82) is 0 Å². The average Bonchev–Trinajstić information content (AvgIpc) is 3.17. The summed E-state index contributed by atoms with van der Waals surface area (Å²) in [5.74, 6) is 0.880. The number of likely N-dealkylation sites (N-methyl/N-ethyl adjacent to an activating group) is 1. The fourth-order valence-corrected chi connectivity index (χ4v) is 7.81. The zero-order valence-electron chi connectivity index (χ0n) is 19.8. The highest BCUT2D eigenvalue weighted by atomic mass is 35.5. The van der Waals surface area contributed by atoms with Gasteiger partial charge in [0.05, 0.1) is 33.5 Å². The molecular formula is C28H30Cl2N2O3. The zero-order chi connectivity index (χ0) is 24.5. The second kappa shape index (κ2) is 8.24. The summed E-state index contributed by atoms with van der Waals surface area (Å²) in [4.78, 5) is 17.7. The van der Waals surface area contributed by atoms with E-state index in [2.05, 4.69) is 17.5 Å². The smallest absolute Gasteiger partial charge is 0.227 e. The molecule has 0 unspecified atom stereocenters. The standard InChI is InChI=1S/C28H30Cl2N2O3/c1-3-12-32-13-11-27-25-18-5-4-6-22(25)35-26(27)21(9-10-28(27,34)23(32)16-18)31(2)24(33)15-17-7-8-19(29)20(30)14-17/h3-8,14,21,23,26,34H,1,9-13,15-16H2,2H3/t21-,23-,26-,27+,28-/m1/s1. The van der Waals surface area contributed by atoms with Crippen molar-refractivity contribution in [2.45, 2.75) is 61.3 Å². The van der Waals surface area contributed by atoms with Crippen LogP contribution in [0.3, 0.4) is 0 Å². The molecule has 5 atom stereocenters. The van der Waals surface area contributed by atoms with Gasteiger partial charge >= 0.3 is 0 Å². The predicted octanol–water partition coefficient (Wildman–Crippen LogP) is 4.40. The van der Waals surface area contributed by atoms with Crippen molar-refractivity contribution in [1.82, 2.24) is 9.80 Å². The van der Waals surface area contributed by atoms with Crippen LogP contribution in [0.4, 0.5) is 0 Å². The topological polar surface area (TPSA) is 53.0 Å². The molecule has 2 heterocycles. The van der Waals surface area contributed by atoms with Crippen molar-refractivity contribution >= 4 is 29.1 Å². The molecule has 1 spiro atoms. The van der Waals surface area contributed by atoms with E-state index < -0.39 is 11.0 Å². The first-order chi connectivity index (χ1) is 16.8. The van der Waals surface area contributed by atoms with Crippen molar-refractivity contribution in [2.24, 2.45) is 0 Å². The van der Waals surface area contributed by atoms with E-state index in [1.165, 1.54) is 11.1 Å². The molecule has 1 N–H and O–H groups in total. The summed E-state index contributed by atoms with van der Waals surface area (Å²) >= 11 is 12.2. The minimum atomic E-state index is -0.900. The third-order valence-electron chi connectivity index (χ3n) is 9.03. The molecule has 0 aromatic heterocycles. The first kappa shape index (κ1) is 23.4. The molecule has 6 rings (SSSR count). The second-order valence-electron chi connectivity index (χ2n) is 10.5. The summed E-state index contributed by atoms with van der Waals surface area (Å²) in [6.45, 7) is 5.58. The highest BCUT2D eigenvalue weighted by Crippen LogP contribution is 2.64. The average molecular weight is 513 g/mol. The summed E-state index contributed by atoms with van der Waals surface area (Å²) < 4.78 is 6.68. The number of carbonyl (C=O) groups excluding carboxylic acids is 1. The van der Waals surface area contributed by atoms with Crippen molar-refractivity contribution < 1.29 is 14.6 Å². The van der Waals surface area contributed by atoms with Crippen LogP contribution in [0, 0.1) is 0 Å². The Morgan fingerprint density at radius 3 is 2.89 bits per heavy atom. The number of aliphatic hydroxyl groups is 1. The lowest BCUT2D eigenvalue weighted by molar-refractivity contribution is -0.198. The van der Waals surface area contributed by atoms with E-state index in [1.807, 2.05) is 36.2 Å². The number of carbonyl (C=O) groups is 1. The van der Waals surface area contributed by atoms with Gasteiger partial charge in [-0.2, -0.15) is 0 Å². The molecule has 1 saturated heterocycles. The highest BCUT2D eigenvalue weighted by molar-refractivity contribution is 6.42. The number of piperidine rings is 1. The van der Waals surface area contributed by atoms with E-state index in [0.717, 1.165) is 37.2 Å². The molecule has 2 aromatic rings. The third kappa shape index (κ3) is 3.18. The molecule has 0 radical (unpaired) electrons. The van der Waals surface area contributed by atoms with Crippen LogP contribution in [0.2, 0.25) is 10.0 Å². The molecule has 35 heavy (non-hydrogen) atoms. The molecular weight excluding hydrogens is 483 g/mol. The lowest BCUT2D eigenvalue weighted by Crippen LogP contribution is -2.78. The van der Waals surface area contributed by atoms with Gasteiger partial charge in [-0.15, -0.1) is 6.58 Å². The van der Waals surface area contributed by atoms with Crippen LogP contribution in [0.5, 0.6) is 5.75 Å². The number of hydrogen-bond donors (Lipinski definition) is 1. The van der Waals surface area contributed by atoms with Crippen LogP contribution in [0.1, 0.15) is 36.0 Å². The summed E-state index contributed by atoms with van der Waals surface area (Å²) in [6.07, 6.45) is 4.81. The van der Waals surface area contributed by atoms with E-state index in [4.69, 9.17) is 27.9 Å². The Balaban J connectivity index is 1.36. The summed E-state index contributed by atoms with van der Waals surface area (Å²) in [5.41, 5.74) is 1.86. The Morgan fingerprint density at radius 1 is 1.29 bits per heavy atom. The first-order valence-corrected chi connectivity index (χ1v) is 13.1. The highest BCUT2D eigenvalue weighted by Gasteiger charge is 2.72. The first-order valence-electron chi connectivity index (χ1n) is 12.4. The lowest BCUT2D eigenvalue weighted by Gasteiger charge is -2.64. The van der Waals surface area contributed by atoms with Crippen LogP contribution in [0.25, 0.3) is 0 Å². The van der Waals surface area contributed by atoms with E-state index in [1.54, 1.807) is 12.1 Å². The lowest BCUT2D eigenvalue weighted by atomic mass is 9.48. The molecule has 2 fully saturated rings. The fraction of sp³-hybridized carbons (Fsp3) is 0.464. The predicted molar refractivity (Wildman–Crippen MR) is 137 cm³/mol. The van der Waals surface area contributed by atoms with Gasteiger partial charge in [0, 0.05) is 25.2 Å². The van der Waals surface area contributed by atoms with Crippen molar-refractivity contribution in [2.75, 3.05) is 20.1 Å². The van der Waals surface area contributed by atoms with E-state index in [-0.39, 0.29) is 30.5 Å². The Morgan fingerprint density at radius 2 is 2.11 bits per heavy atom. The van der Waals surface area contributed by atoms with Gasteiger partial charge in [-0.25, -0.2) is 0 Å². The largest absolute Gasteiger partial charge is 0.487 e. The molecule has 5 nitrogen and oxygen atoms in total. The Labute approximate surface area is 216 Å². The van der Waals surface area contributed by atoms with Gasteiger partial charge in [-0.05, 0) is 61.6 Å². The number of rotatable bonds is 5. The molecule has 4 aliphatic rings. The van der Waals surface area contributed by atoms with Crippen LogP contribution < -0.4 is 4.74 Å². The van der Waals surface area contributed by atoms with Crippen molar-refractivity contribution in [3.8, 4) is 5.75 Å². The Kier molecular flexibility index (Phi) is 5.50. The van der Waals surface area contributed by atoms with Crippen LogP contribution in [0.15, 0.2) is 49.1 Å². The molecule has 1 saturated carbocycles. The molecule has 7 heteroatoms. The maximum absolute atomic E-state index is 13.4. The molecule has 2 bridgehead atoms. The van der Waals surface area contributed by atoms with Gasteiger partial charge in [-0.3, -0.25) is 9.69 Å². The maximum Gasteiger partial charge on any atom is 0.227 e. The third-order valence-corrected chi connectivity index (χ3v) is 9.77. The van der Waals surface area contributed by atoms with Gasteiger partial charge in [0.1, 0.15) is 11.9 Å². The van der Waals surface area contributed by atoms with E-state index >= 15 is 0 Å². The quantitative estimate of drug-likeness (QED) is 0.603. The SMILES string of the molecule is C=CCN1CC[C@]23c4c5cccc4O[C@@H]2[C@H](N(C)C(=O)Cc2ccc(Cl)c(Cl)c2)CC[C@@]3(O)[C@H]1C5. The van der Waals surface area contributed by atoms with Crippen molar-refractivity contribution in [3.63, 3.8) is 0 Å². The monoisotopic (exact) mass is 512 g/mol. The van der Waals surface area contributed by atoms with Crippen LogP contribution >= 0.6 is 23.2 Å². The number of halogens is 2. The second-order valence-corrected chi connectivity index (χ2v) is 11.3. The van der Waals surface area contributed by atoms with E-state index in [0.29, 0.717) is 22.9 Å². The maximum atomic E-state index is 13.4. The van der Waals surface area contributed by atoms with Crippen LogP contribution in [-0.4, -0.2) is 64.7 Å². The molecule has 2 aliphatic heterocycles. The van der Waals surface area contributed by atoms with Gasteiger partial charge < -0.3 is 14.7 Å². The van der Waals surface area contributed by atoms with E-state index in [9.17, 15) is 9.90 Å². The molecule has 2 aromatic carbocycles. The van der Waals surface area contributed by atoms with Gasteiger partial charge in [0.2, 0.25) is 5.91 Å². The number of benzene rings is 2. The minimum absolute atomic E-state index is 0.00598. The Hall–Kier alpha value is -2.05. The van der Waals surface area contributed by atoms with Crippen LogP contribution in [-0.2, 0) is 23.1 Å².